The zero-order valence-corrected chi connectivity index (χ0v) is 10.6. The standard InChI is InChI=1S/C14H19NO4/c16-8-13(18)14(19)12(17)7-15-11-5-4-9-2-1-3-10(9)6-11/h4-7,12-14,16-19H,1-3,8H2/t12-,13-,14-/m0/s1. The van der Waals surface area contributed by atoms with Crippen molar-refractivity contribution in [3.8, 4) is 0 Å². The molecule has 2 rings (SSSR count). The Hall–Kier alpha value is -1.27. The van der Waals surface area contributed by atoms with E-state index in [1.807, 2.05) is 18.2 Å². The molecule has 0 spiro atoms. The highest BCUT2D eigenvalue weighted by molar-refractivity contribution is 5.68. The zero-order chi connectivity index (χ0) is 13.8. The van der Waals surface area contributed by atoms with Crippen LogP contribution in [0.4, 0.5) is 5.69 Å². The minimum atomic E-state index is -1.44. The van der Waals surface area contributed by atoms with Crippen molar-refractivity contribution in [2.75, 3.05) is 6.61 Å². The summed E-state index contributed by atoms with van der Waals surface area (Å²) in [7, 11) is 0. The molecule has 1 aromatic rings. The van der Waals surface area contributed by atoms with Gasteiger partial charge in [-0.25, -0.2) is 0 Å². The lowest BCUT2D eigenvalue weighted by Crippen LogP contribution is -2.40. The smallest absolute Gasteiger partial charge is 0.118 e. The largest absolute Gasteiger partial charge is 0.394 e. The number of aliphatic hydroxyl groups is 4. The molecule has 0 aliphatic heterocycles. The van der Waals surface area contributed by atoms with Crippen molar-refractivity contribution >= 4 is 11.9 Å². The summed E-state index contributed by atoms with van der Waals surface area (Å²) in [6, 6.07) is 5.86. The van der Waals surface area contributed by atoms with Gasteiger partial charge in [0, 0.05) is 6.21 Å². The number of aryl methyl sites for hydroxylation is 2. The molecule has 4 N–H and O–H groups in total. The molecule has 1 aliphatic rings. The van der Waals surface area contributed by atoms with E-state index in [0.29, 0.717) is 5.69 Å². The molecule has 104 valence electrons. The van der Waals surface area contributed by atoms with E-state index in [9.17, 15) is 15.3 Å². The normalized spacial score (nSPS) is 19.4. The quantitative estimate of drug-likeness (QED) is 0.562. The van der Waals surface area contributed by atoms with Crippen LogP contribution in [0.2, 0.25) is 0 Å². The number of fused-ring (bicyclic) bond motifs is 1. The highest BCUT2D eigenvalue weighted by Crippen LogP contribution is 2.26. The van der Waals surface area contributed by atoms with Gasteiger partial charge in [0.2, 0.25) is 0 Å². The van der Waals surface area contributed by atoms with Crippen LogP contribution >= 0.6 is 0 Å². The van der Waals surface area contributed by atoms with E-state index in [0.717, 1.165) is 19.3 Å². The summed E-state index contributed by atoms with van der Waals surface area (Å²) in [6.45, 7) is -0.606. The van der Waals surface area contributed by atoms with E-state index in [4.69, 9.17) is 5.11 Å². The Morgan fingerprint density at radius 3 is 2.63 bits per heavy atom. The van der Waals surface area contributed by atoms with Crippen LogP contribution in [-0.2, 0) is 12.8 Å². The van der Waals surface area contributed by atoms with Gasteiger partial charge in [-0.3, -0.25) is 4.99 Å². The van der Waals surface area contributed by atoms with Crippen molar-refractivity contribution in [2.45, 2.75) is 37.6 Å². The molecule has 0 heterocycles. The molecule has 1 aromatic carbocycles. The second kappa shape index (κ2) is 6.25. The van der Waals surface area contributed by atoms with Gasteiger partial charge in [0.25, 0.3) is 0 Å². The monoisotopic (exact) mass is 265 g/mol. The van der Waals surface area contributed by atoms with Gasteiger partial charge < -0.3 is 20.4 Å². The third-order valence-electron chi connectivity index (χ3n) is 3.39. The molecule has 0 fully saturated rings. The lowest BCUT2D eigenvalue weighted by Gasteiger charge is -2.18. The third-order valence-corrected chi connectivity index (χ3v) is 3.39. The van der Waals surface area contributed by atoms with E-state index in [-0.39, 0.29) is 0 Å². The molecule has 0 unspecified atom stereocenters. The van der Waals surface area contributed by atoms with E-state index < -0.39 is 24.9 Å². The third kappa shape index (κ3) is 3.39. The Morgan fingerprint density at radius 1 is 1.16 bits per heavy atom. The minimum absolute atomic E-state index is 0.606. The summed E-state index contributed by atoms with van der Waals surface area (Å²) in [5, 5.41) is 37.0. The van der Waals surface area contributed by atoms with Gasteiger partial charge in [0.1, 0.15) is 18.3 Å². The van der Waals surface area contributed by atoms with Gasteiger partial charge in [-0.1, -0.05) is 6.07 Å². The summed E-state index contributed by atoms with van der Waals surface area (Å²) in [5.41, 5.74) is 3.33. The molecule has 1 aliphatic carbocycles. The maximum absolute atomic E-state index is 9.60. The molecule has 5 nitrogen and oxygen atoms in total. The summed E-state index contributed by atoms with van der Waals surface area (Å²) < 4.78 is 0. The first-order chi connectivity index (χ1) is 9.11. The molecule has 0 amide bonds. The fraction of sp³-hybridized carbons (Fsp3) is 0.500. The van der Waals surface area contributed by atoms with Crippen molar-refractivity contribution in [1.29, 1.82) is 0 Å². The lowest BCUT2D eigenvalue weighted by atomic mass is 10.1. The number of aliphatic imine (C=N–C) groups is 1. The van der Waals surface area contributed by atoms with Gasteiger partial charge >= 0.3 is 0 Å². The second-order valence-electron chi connectivity index (χ2n) is 4.82. The van der Waals surface area contributed by atoms with Gasteiger partial charge in [-0.05, 0) is 42.5 Å². The highest BCUT2D eigenvalue weighted by Gasteiger charge is 2.22. The van der Waals surface area contributed by atoms with E-state index >= 15 is 0 Å². The first-order valence-corrected chi connectivity index (χ1v) is 6.43. The van der Waals surface area contributed by atoms with Gasteiger partial charge in [-0.2, -0.15) is 0 Å². The molecular formula is C14H19NO4. The van der Waals surface area contributed by atoms with E-state index in [1.54, 1.807) is 0 Å². The molecule has 0 saturated heterocycles. The number of nitrogens with zero attached hydrogens (tertiary/aromatic N) is 1. The fourth-order valence-corrected chi connectivity index (χ4v) is 2.22. The average Bonchev–Trinajstić information content (AvgIpc) is 2.90. The molecule has 0 radical (unpaired) electrons. The maximum Gasteiger partial charge on any atom is 0.118 e. The van der Waals surface area contributed by atoms with Crippen LogP contribution in [0.5, 0.6) is 0 Å². The summed E-state index contributed by atoms with van der Waals surface area (Å²) in [4.78, 5) is 4.09. The lowest BCUT2D eigenvalue weighted by molar-refractivity contribution is -0.0541. The second-order valence-corrected chi connectivity index (χ2v) is 4.82. The highest BCUT2D eigenvalue weighted by atomic mass is 16.4. The number of aliphatic hydroxyl groups excluding tert-OH is 4. The fourth-order valence-electron chi connectivity index (χ4n) is 2.22. The molecule has 19 heavy (non-hydrogen) atoms. The van der Waals surface area contributed by atoms with Crippen LogP contribution in [0.15, 0.2) is 23.2 Å². The Bertz CT molecular complexity index is 461. The van der Waals surface area contributed by atoms with Crippen LogP contribution in [0.1, 0.15) is 17.5 Å². The first kappa shape index (κ1) is 14.1. The van der Waals surface area contributed by atoms with Crippen molar-refractivity contribution in [2.24, 2.45) is 4.99 Å². The number of rotatable bonds is 5. The summed E-state index contributed by atoms with van der Waals surface area (Å²) in [5.74, 6) is 0. The Labute approximate surface area is 111 Å². The SMILES string of the molecule is OC[C@H](O)[C@@H](O)[C@@H](O)C=Nc1ccc2c(c1)CCC2. The number of hydrogen-bond acceptors (Lipinski definition) is 5. The van der Waals surface area contributed by atoms with E-state index in [1.165, 1.54) is 17.3 Å². The number of benzene rings is 1. The Morgan fingerprint density at radius 2 is 1.89 bits per heavy atom. The van der Waals surface area contributed by atoms with Crippen LogP contribution < -0.4 is 0 Å². The van der Waals surface area contributed by atoms with Gasteiger partial charge in [0.15, 0.2) is 0 Å². The van der Waals surface area contributed by atoms with Crippen LogP contribution in [-0.4, -0.2) is 51.6 Å². The molecule has 0 saturated carbocycles. The minimum Gasteiger partial charge on any atom is -0.394 e. The predicted molar refractivity (Wildman–Crippen MR) is 71.7 cm³/mol. The topological polar surface area (TPSA) is 93.3 Å². The molecule has 0 bridgehead atoms. The van der Waals surface area contributed by atoms with Crippen molar-refractivity contribution in [1.82, 2.24) is 0 Å². The summed E-state index contributed by atoms with van der Waals surface area (Å²) in [6.07, 6.45) is 0.364. The number of hydrogen-bond donors (Lipinski definition) is 4. The maximum atomic E-state index is 9.60. The van der Waals surface area contributed by atoms with Gasteiger partial charge in [-0.15, -0.1) is 0 Å². The molecule has 0 aromatic heterocycles. The van der Waals surface area contributed by atoms with Crippen LogP contribution in [0.3, 0.4) is 0 Å². The van der Waals surface area contributed by atoms with Crippen LogP contribution in [0.25, 0.3) is 0 Å². The average molecular weight is 265 g/mol. The Balaban J connectivity index is 2.02. The van der Waals surface area contributed by atoms with E-state index in [2.05, 4.69) is 4.99 Å². The summed E-state index contributed by atoms with van der Waals surface area (Å²) >= 11 is 0. The van der Waals surface area contributed by atoms with Gasteiger partial charge in [0.05, 0.1) is 12.3 Å². The Kier molecular flexibility index (Phi) is 4.66. The van der Waals surface area contributed by atoms with Crippen molar-refractivity contribution in [3.63, 3.8) is 0 Å². The van der Waals surface area contributed by atoms with Crippen LogP contribution in [0, 0.1) is 0 Å². The molecule has 3 atom stereocenters. The first-order valence-electron chi connectivity index (χ1n) is 6.43. The molecular weight excluding hydrogens is 246 g/mol. The zero-order valence-electron chi connectivity index (χ0n) is 10.6. The van der Waals surface area contributed by atoms with Crippen molar-refractivity contribution in [3.05, 3.63) is 29.3 Å². The molecule has 5 heteroatoms. The van der Waals surface area contributed by atoms with Crippen molar-refractivity contribution < 1.29 is 20.4 Å². The predicted octanol–water partition coefficient (Wildman–Crippen LogP) is -0.0474.